The van der Waals surface area contributed by atoms with Gasteiger partial charge in [0.1, 0.15) is 5.75 Å². The number of phenols is 1. The molecule has 1 atom stereocenters. The van der Waals surface area contributed by atoms with Crippen LogP contribution in [0.25, 0.3) is 0 Å². The Balaban J connectivity index is 2.60. The van der Waals surface area contributed by atoms with E-state index in [9.17, 15) is 5.11 Å². The van der Waals surface area contributed by atoms with Crippen LogP contribution in [0.5, 0.6) is 5.75 Å². The van der Waals surface area contributed by atoms with Gasteiger partial charge < -0.3 is 10.4 Å². The van der Waals surface area contributed by atoms with Crippen molar-refractivity contribution in [3.05, 3.63) is 28.8 Å². The van der Waals surface area contributed by atoms with Crippen molar-refractivity contribution in [3.8, 4) is 5.75 Å². The van der Waals surface area contributed by atoms with Gasteiger partial charge in [-0.1, -0.05) is 53.7 Å². The average Bonchev–Trinajstić information content (AvgIpc) is 2.79. The molecule has 112 valence electrons. The zero-order chi connectivity index (χ0) is 15.1. The molecule has 2 rings (SSSR count). The number of rotatable bonds is 1. The number of hydrogen-bond donors (Lipinski definition) is 2. The first-order chi connectivity index (χ1) is 9.10. The Bertz CT molecular complexity index is 485. The lowest BCUT2D eigenvalue weighted by Crippen LogP contribution is -2.18. The first kappa shape index (κ1) is 15.4. The zero-order valence-corrected chi connectivity index (χ0v) is 13.8. The lowest BCUT2D eigenvalue weighted by Gasteiger charge is -2.28. The minimum absolute atomic E-state index is 0.0356. The van der Waals surface area contributed by atoms with Gasteiger partial charge in [-0.05, 0) is 40.5 Å². The van der Waals surface area contributed by atoms with E-state index in [0.29, 0.717) is 11.7 Å². The molecule has 1 aromatic rings. The van der Waals surface area contributed by atoms with Gasteiger partial charge in [-0.25, -0.2) is 0 Å². The lowest BCUT2D eigenvalue weighted by molar-refractivity contribution is 0.433. The van der Waals surface area contributed by atoms with E-state index in [2.05, 4.69) is 59.0 Å². The SMILES string of the molecule is CC(C)(C)c1cc([C@@H]2CCNC2)c(O)c(C(C)(C)C)c1. The smallest absolute Gasteiger partial charge is 0.122 e. The Morgan fingerprint density at radius 2 is 1.70 bits per heavy atom. The van der Waals surface area contributed by atoms with Gasteiger partial charge >= 0.3 is 0 Å². The second-order valence-corrected chi connectivity index (χ2v) is 8.15. The molecule has 0 unspecified atom stereocenters. The summed E-state index contributed by atoms with van der Waals surface area (Å²) in [4.78, 5) is 0. The maximum atomic E-state index is 10.7. The molecule has 0 saturated carbocycles. The molecular formula is C18H29NO. The van der Waals surface area contributed by atoms with Crippen LogP contribution in [0.1, 0.15) is 70.6 Å². The molecular weight excluding hydrogens is 246 g/mol. The van der Waals surface area contributed by atoms with E-state index < -0.39 is 0 Å². The van der Waals surface area contributed by atoms with Crippen molar-refractivity contribution in [2.45, 2.75) is 64.7 Å². The van der Waals surface area contributed by atoms with Crippen LogP contribution < -0.4 is 5.32 Å². The van der Waals surface area contributed by atoms with Crippen LogP contribution in [-0.2, 0) is 10.8 Å². The van der Waals surface area contributed by atoms with Gasteiger partial charge in [0, 0.05) is 12.5 Å². The van der Waals surface area contributed by atoms with E-state index in [4.69, 9.17) is 0 Å². The van der Waals surface area contributed by atoms with Crippen LogP contribution in [0, 0.1) is 0 Å². The van der Waals surface area contributed by atoms with Crippen LogP contribution >= 0.6 is 0 Å². The lowest BCUT2D eigenvalue weighted by atomic mass is 9.77. The second-order valence-electron chi connectivity index (χ2n) is 8.15. The Morgan fingerprint density at radius 3 is 2.15 bits per heavy atom. The van der Waals surface area contributed by atoms with E-state index >= 15 is 0 Å². The Kier molecular flexibility index (Phi) is 3.90. The maximum absolute atomic E-state index is 10.7. The zero-order valence-electron chi connectivity index (χ0n) is 13.8. The number of nitrogens with one attached hydrogen (secondary N) is 1. The summed E-state index contributed by atoms with van der Waals surface area (Å²) in [7, 11) is 0. The van der Waals surface area contributed by atoms with Crippen molar-refractivity contribution < 1.29 is 5.11 Å². The predicted molar refractivity (Wildman–Crippen MR) is 85.7 cm³/mol. The van der Waals surface area contributed by atoms with Crippen molar-refractivity contribution in [2.24, 2.45) is 0 Å². The molecule has 0 spiro atoms. The minimum Gasteiger partial charge on any atom is -0.507 e. The van der Waals surface area contributed by atoms with Gasteiger partial charge in [0.15, 0.2) is 0 Å². The molecule has 0 amide bonds. The summed E-state index contributed by atoms with van der Waals surface area (Å²) in [5.74, 6) is 0.956. The third-order valence-corrected chi connectivity index (χ3v) is 4.31. The van der Waals surface area contributed by atoms with Crippen LogP contribution in [0.2, 0.25) is 0 Å². The largest absolute Gasteiger partial charge is 0.507 e. The molecule has 1 aliphatic heterocycles. The third kappa shape index (κ3) is 3.01. The standard InChI is InChI=1S/C18H29NO/c1-17(2,3)13-9-14(12-7-8-19-11-12)16(20)15(10-13)18(4,5)6/h9-10,12,19-20H,7-8,11H2,1-6H3/t12-/m1/s1. The number of benzene rings is 1. The highest BCUT2D eigenvalue weighted by atomic mass is 16.3. The average molecular weight is 275 g/mol. The Labute approximate surface area is 123 Å². The molecule has 1 saturated heterocycles. The van der Waals surface area contributed by atoms with Crippen LogP contribution in [0.4, 0.5) is 0 Å². The van der Waals surface area contributed by atoms with E-state index in [1.165, 1.54) is 5.56 Å². The number of phenolic OH excluding ortho intramolecular Hbond substituents is 1. The first-order valence-corrected chi connectivity index (χ1v) is 7.69. The summed E-state index contributed by atoms with van der Waals surface area (Å²) >= 11 is 0. The third-order valence-electron chi connectivity index (χ3n) is 4.31. The van der Waals surface area contributed by atoms with E-state index in [0.717, 1.165) is 30.6 Å². The van der Waals surface area contributed by atoms with Crippen molar-refractivity contribution in [2.75, 3.05) is 13.1 Å². The van der Waals surface area contributed by atoms with Crippen LogP contribution in [-0.4, -0.2) is 18.2 Å². The normalized spacial score (nSPS) is 20.4. The monoisotopic (exact) mass is 275 g/mol. The van der Waals surface area contributed by atoms with Crippen molar-refractivity contribution >= 4 is 0 Å². The molecule has 2 nitrogen and oxygen atoms in total. The van der Waals surface area contributed by atoms with Gasteiger partial charge in [-0.15, -0.1) is 0 Å². The minimum atomic E-state index is -0.0356. The van der Waals surface area contributed by atoms with Crippen LogP contribution in [0.3, 0.4) is 0 Å². The molecule has 0 aliphatic carbocycles. The topological polar surface area (TPSA) is 32.3 Å². The van der Waals surface area contributed by atoms with E-state index in [1.54, 1.807) is 0 Å². The molecule has 0 aromatic heterocycles. The molecule has 1 aromatic carbocycles. The fourth-order valence-corrected chi connectivity index (χ4v) is 2.89. The van der Waals surface area contributed by atoms with Gasteiger partial charge in [0.2, 0.25) is 0 Å². The Hall–Kier alpha value is -1.02. The highest BCUT2D eigenvalue weighted by molar-refractivity contribution is 5.50. The highest BCUT2D eigenvalue weighted by Crippen LogP contribution is 2.41. The molecule has 0 radical (unpaired) electrons. The van der Waals surface area contributed by atoms with E-state index in [-0.39, 0.29) is 10.8 Å². The van der Waals surface area contributed by atoms with Crippen molar-refractivity contribution in [1.29, 1.82) is 0 Å². The Morgan fingerprint density at radius 1 is 1.05 bits per heavy atom. The van der Waals surface area contributed by atoms with Gasteiger partial charge in [0.25, 0.3) is 0 Å². The summed E-state index contributed by atoms with van der Waals surface area (Å²) in [6.07, 6.45) is 1.12. The quantitative estimate of drug-likeness (QED) is 0.810. The second kappa shape index (κ2) is 5.07. The molecule has 0 bridgehead atoms. The predicted octanol–water partition coefficient (Wildman–Crippen LogP) is 4.06. The molecule has 2 N–H and O–H groups in total. The molecule has 1 heterocycles. The molecule has 1 fully saturated rings. The van der Waals surface area contributed by atoms with Gasteiger partial charge in [-0.3, -0.25) is 0 Å². The summed E-state index contributed by atoms with van der Waals surface area (Å²) in [5.41, 5.74) is 3.60. The summed E-state index contributed by atoms with van der Waals surface area (Å²) in [6, 6.07) is 4.42. The summed E-state index contributed by atoms with van der Waals surface area (Å²) in [6.45, 7) is 15.3. The van der Waals surface area contributed by atoms with Gasteiger partial charge in [-0.2, -0.15) is 0 Å². The molecule has 2 heteroatoms. The molecule has 20 heavy (non-hydrogen) atoms. The van der Waals surface area contributed by atoms with Crippen LogP contribution in [0.15, 0.2) is 12.1 Å². The summed E-state index contributed by atoms with van der Waals surface area (Å²) < 4.78 is 0. The van der Waals surface area contributed by atoms with Gasteiger partial charge in [0.05, 0.1) is 0 Å². The van der Waals surface area contributed by atoms with E-state index in [1.807, 2.05) is 0 Å². The fraction of sp³-hybridized carbons (Fsp3) is 0.667. The number of hydrogen-bond acceptors (Lipinski definition) is 2. The van der Waals surface area contributed by atoms with Crippen molar-refractivity contribution in [1.82, 2.24) is 5.32 Å². The first-order valence-electron chi connectivity index (χ1n) is 7.69. The fourth-order valence-electron chi connectivity index (χ4n) is 2.89. The van der Waals surface area contributed by atoms with Crippen molar-refractivity contribution in [3.63, 3.8) is 0 Å². The molecule has 1 aliphatic rings. The number of aromatic hydroxyl groups is 1. The summed E-state index contributed by atoms with van der Waals surface area (Å²) in [5, 5.41) is 14.2. The maximum Gasteiger partial charge on any atom is 0.122 e. The highest BCUT2D eigenvalue weighted by Gasteiger charge is 2.28.